The minimum atomic E-state index is -3.32. The van der Waals surface area contributed by atoms with E-state index in [0.29, 0.717) is 12.8 Å². The van der Waals surface area contributed by atoms with Crippen LogP contribution in [0.4, 0.5) is 0 Å². The monoisotopic (exact) mass is 201 g/mol. The van der Waals surface area contributed by atoms with Crippen LogP contribution in [0.1, 0.15) is 33.1 Å². The molecule has 1 aliphatic carbocycles. The first-order valence-electron chi connectivity index (χ1n) is 4.43. The Kier molecular flexibility index (Phi) is 2.69. The molecule has 1 fully saturated rings. The summed E-state index contributed by atoms with van der Waals surface area (Å²) < 4.78 is 25.1. The molecule has 13 heavy (non-hydrogen) atoms. The fraction of sp³-hybridized carbons (Fsp3) is 0.778. The van der Waals surface area contributed by atoms with Crippen molar-refractivity contribution in [2.75, 3.05) is 0 Å². The van der Waals surface area contributed by atoms with E-state index < -0.39 is 14.8 Å². The minimum absolute atomic E-state index is 0.0872. The number of terminal acetylenes is 1. The molecule has 4 heteroatoms. The zero-order valence-electron chi connectivity index (χ0n) is 8.00. The maximum absolute atomic E-state index is 11.7. The van der Waals surface area contributed by atoms with Gasteiger partial charge in [-0.15, -0.1) is 6.42 Å². The molecule has 0 radical (unpaired) electrons. The Morgan fingerprint density at radius 3 is 2.23 bits per heavy atom. The van der Waals surface area contributed by atoms with Gasteiger partial charge in [0.05, 0.1) is 0 Å². The number of nitrogens with one attached hydrogen (secondary N) is 1. The van der Waals surface area contributed by atoms with Crippen LogP contribution in [0.25, 0.3) is 0 Å². The van der Waals surface area contributed by atoms with Crippen LogP contribution in [0.5, 0.6) is 0 Å². The molecule has 0 saturated heterocycles. The summed E-state index contributed by atoms with van der Waals surface area (Å²) in [4.78, 5) is 0. The molecular weight excluding hydrogens is 186 g/mol. The smallest absolute Gasteiger partial charge is 0.211 e. The summed E-state index contributed by atoms with van der Waals surface area (Å²) in [6.45, 7) is 3.58. The highest BCUT2D eigenvalue weighted by Gasteiger charge is 2.47. The van der Waals surface area contributed by atoms with E-state index in [2.05, 4.69) is 10.6 Å². The molecule has 0 amide bonds. The van der Waals surface area contributed by atoms with E-state index in [1.165, 1.54) is 0 Å². The zero-order valence-corrected chi connectivity index (χ0v) is 8.82. The van der Waals surface area contributed by atoms with Crippen molar-refractivity contribution in [1.82, 2.24) is 4.72 Å². The summed E-state index contributed by atoms with van der Waals surface area (Å²) in [6.07, 6.45) is 7.35. The van der Waals surface area contributed by atoms with Crippen LogP contribution in [-0.2, 0) is 10.0 Å². The van der Waals surface area contributed by atoms with Crippen molar-refractivity contribution in [3.8, 4) is 12.3 Å². The van der Waals surface area contributed by atoms with Gasteiger partial charge in [0.15, 0.2) is 0 Å². The summed E-state index contributed by atoms with van der Waals surface area (Å²) in [7, 11) is -3.32. The highest BCUT2D eigenvalue weighted by molar-refractivity contribution is 7.91. The van der Waals surface area contributed by atoms with E-state index in [4.69, 9.17) is 6.42 Å². The Balaban J connectivity index is 2.87. The van der Waals surface area contributed by atoms with Crippen molar-refractivity contribution in [2.45, 2.75) is 43.9 Å². The number of hydrogen-bond donors (Lipinski definition) is 1. The third-order valence-electron chi connectivity index (χ3n) is 2.33. The molecule has 0 aromatic heterocycles. The van der Waals surface area contributed by atoms with Gasteiger partial charge in [-0.1, -0.05) is 5.92 Å². The second-order valence-electron chi connectivity index (χ2n) is 3.77. The molecule has 3 nitrogen and oxygen atoms in total. The molecule has 1 rings (SSSR count). The van der Waals surface area contributed by atoms with Gasteiger partial charge in [0, 0.05) is 6.04 Å². The first kappa shape index (κ1) is 10.6. The predicted octanol–water partition coefficient (Wildman–Crippen LogP) is 0.870. The molecule has 0 bridgehead atoms. The lowest BCUT2D eigenvalue weighted by atomic mass is 9.85. The van der Waals surface area contributed by atoms with Crippen LogP contribution < -0.4 is 4.72 Å². The molecule has 1 saturated carbocycles. The SMILES string of the molecule is C#CC1(S(=O)(=O)NC(C)C)CCC1. The Morgan fingerprint density at radius 1 is 1.46 bits per heavy atom. The number of sulfonamides is 1. The van der Waals surface area contributed by atoms with Crippen molar-refractivity contribution in [3.05, 3.63) is 0 Å². The van der Waals surface area contributed by atoms with E-state index in [9.17, 15) is 8.42 Å². The van der Waals surface area contributed by atoms with Gasteiger partial charge < -0.3 is 0 Å². The van der Waals surface area contributed by atoms with E-state index in [-0.39, 0.29) is 6.04 Å². The van der Waals surface area contributed by atoms with Crippen LogP contribution in [0, 0.1) is 12.3 Å². The minimum Gasteiger partial charge on any atom is -0.211 e. The zero-order chi connectivity index (χ0) is 10.1. The van der Waals surface area contributed by atoms with E-state index in [1.807, 2.05) is 0 Å². The average Bonchev–Trinajstić information content (AvgIpc) is 1.80. The van der Waals surface area contributed by atoms with Crippen molar-refractivity contribution >= 4 is 10.0 Å². The predicted molar refractivity (Wildman–Crippen MR) is 52.6 cm³/mol. The molecular formula is C9H15NO2S. The molecule has 0 aromatic rings. The molecule has 0 heterocycles. The van der Waals surface area contributed by atoms with Gasteiger partial charge >= 0.3 is 0 Å². The third kappa shape index (κ3) is 1.72. The molecule has 1 aliphatic rings. The van der Waals surface area contributed by atoms with E-state index >= 15 is 0 Å². The molecule has 0 aromatic carbocycles. The number of rotatable bonds is 3. The quantitative estimate of drug-likeness (QED) is 0.689. The number of hydrogen-bond acceptors (Lipinski definition) is 2. The summed E-state index contributed by atoms with van der Waals surface area (Å²) in [5.41, 5.74) is 0. The van der Waals surface area contributed by atoms with Crippen molar-refractivity contribution in [3.63, 3.8) is 0 Å². The molecule has 0 spiro atoms. The first-order chi connectivity index (χ1) is 5.93. The molecule has 74 valence electrons. The summed E-state index contributed by atoms with van der Waals surface area (Å²) in [5.74, 6) is 2.41. The molecule has 0 aliphatic heterocycles. The van der Waals surface area contributed by atoms with Crippen LogP contribution in [0.2, 0.25) is 0 Å². The Bertz CT molecular complexity index is 320. The van der Waals surface area contributed by atoms with Crippen LogP contribution in [0.3, 0.4) is 0 Å². The van der Waals surface area contributed by atoms with Crippen LogP contribution in [0.15, 0.2) is 0 Å². The van der Waals surface area contributed by atoms with Gasteiger partial charge in [-0.2, -0.15) is 0 Å². The standard InChI is InChI=1S/C9H15NO2S/c1-4-9(6-5-7-9)13(11,12)10-8(2)3/h1,8,10H,5-7H2,2-3H3. The van der Waals surface area contributed by atoms with Crippen molar-refractivity contribution in [1.29, 1.82) is 0 Å². The van der Waals surface area contributed by atoms with Gasteiger partial charge in [-0.25, -0.2) is 13.1 Å². The normalized spacial score (nSPS) is 20.8. The lowest BCUT2D eigenvalue weighted by Gasteiger charge is -2.36. The maximum atomic E-state index is 11.7. The van der Waals surface area contributed by atoms with Gasteiger partial charge in [0.2, 0.25) is 10.0 Å². The Labute approximate surface area is 80.0 Å². The van der Waals surface area contributed by atoms with E-state index in [1.54, 1.807) is 13.8 Å². The maximum Gasteiger partial charge on any atom is 0.228 e. The summed E-state index contributed by atoms with van der Waals surface area (Å²) in [6, 6.07) is -0.0872. The highest BCUT2D eigenvalue weighted by atomic mass is 32.2. The van der Waals surface area contributed by atoms with Crippen molar-refractivity contribution in [2.24, 2.45) is 0 Å². The van der Waals surface area contributed by atoms with Gasteiger partial charge in [-0.05, 0) is 33.1 Å². The molecule has 0 unspecified atom stereocenters. The lowest BCUT2D eigenvalue weighted by molar-refractivity contribution is 0.402. The highest BCUT2D eigenvalue weighted by Crippen LogP contribution is 2.38. The van der Waals surface area contributed by atoms with Crippen LogP contribution in [-0.4, -0.2) is 19.2 Å². The molecule has 0 atom stereocenters. The van der Waals surface area contributed by atoms with Gasteiger partial charge in [0.25, 0.3) is 0 Å². The van der Waals surface area contributed by atoms with Crippen molar-refractivity contribution < 1.29 is 8.42 Å². The second-order valence-corrected chi connectivity index (χ2v) is 5.79. The first-order valence-corrected chi connectivity index (χ1v) is 5.91. The van der Waals surface area contributed by atoms with Crippen LogP contribution >= 0.6 is 0 Å². The fourth-order valence-electron chi connectivity index (χ4n) is 1.41. The average molecular weight is 201 g/mol. The summed E-state index contributed by atoms with van der Waals surface area (Å²) >= 11 is 0. The fourth-order valence-corrected chi connectivity index (χ4v) is 3.24. The Hall–Kier alpha value is -0.530. The molecule has 1 N–H and O–H groups in total. The largest absolute Gasteiger partial charge is 0.228 e. The third-order valence-corrected chi connectivity index (χ3v) is 4.67. The lowest BCUT2D eigenvalue weighted by Crippen LogP contribution is -2.51. The second kappa shape index (κ2) is 3.32. The summed E-state index contributed by atoms with van der Waals surface area (Å²) in [5, 5.41) is 0. The van der Waals surface area contributed by atoms with Gasteiger partial charge in [0.1, 0.15) is 4.75 Å². The van der Waals surface area contributed by atoms with E-state index in [0.717, 1.165) is 6.42 Å². The topological polar surface area (TPSA) is 46.2 Å². The Morgan fingerprint density at radius 2 is 2.00 bits per heavy atom. The van der Waals surface area contributed by atoms with Gasteiger partial charge in [-0.3, -0.25) is 0 Å².